The second kappa shape index (κ2) is 8.13. The third-order valence-corrected chi connectivity index (χ3v) is 7.87. The SMILES string of the molecule is COc1ccc(S(=O)(=O)Nc2ccc3nc4n(c(=O)c3c2)CCc2c-4[nH]c3ccccc23)cc1OC. The van der Waals surface area contributed by atoms with E-state index in [4.69, 9.17) is 14.5 Å². The molecule has 10 heteroatoms. The lowest BCUT2D eigenvalue weighted by Gasteiger charge is -2.19. The van der Waals surface area contributed by atoms with Crippen molar-refractivity contribution in [2.75, 3.05) is 18.9 Å². The molecule has 0 saturated carbocycles. The van der Waals surface area contributed by atoms with Crippen LogP contribution in [0.1, 0.15) is 5.56 Å². The molecule has 0 aliphatic carbocycles. The topological polar surface area (TPSA) is 115 Å². The summed E-state index contributed by atoms with van der Waals surface area (Å²) < 4.78 is 40.7. The van der Waals surface area contributed by atoms with E-state index in [0.717, 1.165) is 22.2 Å². The Labute approximate surface area is 206 Å². The van der Waals surface area contributed by atoms with Crippen molar-refractivity contribution in [3.63, 3.8) is 0 Å². The van der Waals surface area contributed by atoms with Crippen LogP contribution in [0.2, 0.25) is 0 Å². The molecule has 3 aromatic carbocycles. The van der Waals surface area contributed by atoms with Crippen molar-refractivity contribution in [1.29, 1.82) is 0 Å². The number of aromatic amines is 1. The predicted molar refractivity (Wildman–Crippen MR) is 137 cm³/mol. The summed E-state index contributed by atoms with van der Waals surface area (Å²) in [5, 5.41) is 1.47. The molecule has 0 saturated heterocycles. The first kappa shape index (κ1) is 22.2. The number of aryl methyl sites for hydroxylation is 1. The van der Waals surface area contributed by atoms with Crippen LogP contribution in [-0.2, 0) is 23.0 Å². The Hall–Kier alpha value is -4.31. The highest BCUT2D eigenvalue weighted by atomic mass is 32.2. The lowest BCUT2D eigenvalue weighted by Crippen LogP contribution is -2.27. The number of methoxy groups -OCH3 is 2. The number of hydrogen-bond acceptors (Lipinski definition) is 6. The minimum atomic E-state index is -3.94. The van der Waals surface area contributed by atoms with Crippen LogP contribution in [0.25, 0.3) is 33.3 Å². The monoisotopic (exact) mass is 502 g/mol. The normalized spacial score (nSPS) is 12.8. The van der Waals surface area contributed by atoms with E-state index in [0.29, 0.717) is 41.2 Å². The molecule has 0 amide bonds. The molecule has 0 radical (unpaired) electrons. The highest BCUT2D eigenvalue weighted by Crippen LogP contribution is 2.34. The highest BCUT2D eigenvalue weighted by molar-refractivity contribution is 7.92. The molecule has 2 N–H and O–H groups in total. The lowest BCUT2D eigenvalue weighted by molar-refractivity contribution is 0.354. The van der Waals surface area contributed by atoms with Crippen LogP contribution in [0.5, 0.6) is 11.5 Å². The summed E-state index contributed by atoms with van der Waals surface area (Å²) in [5.41, 5.74) is 3.54. The maximum absolute atomic E-state index is 13.4. The smallest absolute Gasteiger partial charge is 0.262 e. The van der Waals surface area contributed by atoms with Crippen LogP contribution in [0, 0.1) is 0 Å². The first-order chi connectivity index (χ1) is 17.4. The summed E-state index contributed by atoms with van der Waals surface area (Å²) in [4.78, 5) is 21.6. The molecule has 5 aromatic rings. The Morgan fingerprint density at radius 1 is 0.972 bits per heavy atom. The van der Waals surface area contributed by atoms with Crippen molar-refractivity contribution in [2.24, 2.45) is 0 Å². The van der Waals surface area contributed by atoms with Crippen LogP contribution in [0.15, 0.2) is 70.4 Å². The van der Waals surface area contributed by atoms with Gasteiger partial charge in [-0.15, -0.1) is 0 Å². The number of hydrogen-bond donors (Lipinski definition) is 2. The Kier molecular flexibility index (Phi) is 5.01. The summed E-state index contributed by atoms with van der Waals surface area (Å²) in [6.45, 7) is 0.494. The van der Waals surface area contributed by atoms with Gasteiger partial charge in [-0.05, 0) is 48.4 Å². The van der Waals surface area contributed by atoms with Crippen LogP contribution < -0.4 is 19.8 Å². The zero-order chi connectivity index (χ0) is 25.0. The second-order valence-electron chi connectivity index (χ2n) is 8.52. The van der Waals surface area contributed by atoms with E-state index in [1.165, 1.54) is 38.5 Å². The van der Waals surface area contributed by atoms with Crippen molar-refractivity contribution in [3.8, 4) is 23.0 Å². The zero-order valence-electron chi connectivity index (χ0n) is 19.5. The fraction of sp³-hybridized carbons (Fsp3) is 0.154. The zero-order valence-corrected chi connectivity index (χ0v) is 20.3. The average Bonchev–Trinajstić information content (AvgIpc) is 3.28. The number of benzene rings is 3. The van der Waals surface area contributed by atoms with Gasteiger partial charge in [0.15, 0.2) is 17.3 Å². The third kappa shape index (κ3) is 3.41. The van der Waals surface area contributed by atoms with Gasteiger partial charge in [-0.3, -0.25) is 14.1 Å². The molecule has 1 aliphatic heterocycles. The van der Waals surface area contributed by atoms with Gasteiger partial charge in [-0.2, -0.15) is 0 Å². The number of para-hydroxylation sites is 1. The first-order valence-electron chi connectivity index (χ1n) is 11.3. The average molecular weight is 503 g/mol. The fourth-order valence-electron chi connectivity index (χ4n) is 4.75. The van der Waals surface area contributed by atoms with Crippen LogP contribution in [0.4, 0.5) is 5.69 Å². The third-order valence-electron chi connectivity index (χ3n) is 6.49. The van der Waals surface area contributed by atoms with Crippen molar-refractivity contribution >= 4 is 37.5 Å². The molecular weight excluding hydrogens is 480 g/mol. The number of ether oxygens (including phenoxy) is 2. The quantitative estimate of drug-likeness (QED) is 0.376. The number of anilines is 1. The molecule has 6 rings (SSSR count). The summed E-state index contributed by atoms with van der Waals surface area (Å²) in [6.07, 6.45) is 0.699. The van der Waals surface area contributed by atoms with E-state index in [2.05, 4.69) is 15.8 Å². The minimum absolute atomic E-state index is 0.00637. The van der Waals surface area contributed by atoms with Crippen molar-refractivity contribution < 1.29 is 17.9 Å². The number of H-pyrrole nitrogens is 1. The number of nitrogens with one attached hydrogen (secondary N) is 2. The summed E-state index contributed by atoms with van der Waals surface area (Å²) in [5.74, 6) is 1.30. The molecule has 9 nitrogen and oxygen atoms in total. The summed E-state index contributed by atoms with van der Waals surface area (Å²) >= 11 is 0. The van der Waals surface area contributed by atoms with Crippen molar-refractivity contribution in [2.45, 2.75) is 17.9 Å². The van der Waals surface area contributed by atoms with Crippen molar-refractivity contribution in [3.05, 3.63) is 76.6 Å². The molecule has 182 valence electrons. The number of nitrogens with zero attached hydrogens (tertiary/aromatic N) is 2. The summed E-state index contributed by atoms with van der Waals surface area (Å²) in [7, 11) is -1.03. The van der Waals surface area contributed by atoms with E-state index < -0.39 is 10.0 Å². The molecule has 3 heterocycles. The predicted octanol–water partition coefficient (Wildman–Crippen LogP) is 3.92. The van der Waals surface area contributed by atoms with Gasteiger partial charge in [-0.1, -0.05) is 18.2 Å². The van der Waals surface area contributed by atoms with Gasteiger partial charge < -0.3 is 14.5 Å². The molecular formula is C26H22N4O5S. The Bertz CT molecular complexity index is 1840. The van der Waals surface area contributed by atoms with E-state index >= 15 is 0 Å². The number of rotatable bonds is 5. The minimum Gasteiger partial charge on any atom is -0.493 e. The number of fused-ring (bicyclic) bond motifs is 6. The van der Waals surface area contributed by atoms with Gasteiger partial charge >= 0.3 is 0 Å². The van der Waals surface area contributed by atoms with E-state index in [1.807, 2.05) is 18.2 Å². The van der Waals surface area contributed by atoms with Gasteiger partial charge in [0, 0.05) is 29.2 Å². The first-order valence-corrected chi connectivity index (χ1v) is 12.8. The molecule has 0 fully saturated rings. The molecule has 36 heavy (non-hydrogen) atoms. The van der Waals surface area contributed by atoms with Crippen LogP contribution >= 0.6 is 0 Å². The molecule has 1 aliphatic rings. The molecule has 2 aromatic heterocycles. The van der Waals surface area contributed by atoms with Crippen LogP contribution in [0.3, 0.4) is 0 Å². The molecule has 0 spiro atoms. The number of sulfonamides is 1. The molecule has 0 bridgehead atoms. The van der Waals surface area contributed by atoms with Crippen LogP contribution in [-0.4, -0.2) is 37.2 Å². The van der Waals surface area contributed by atoms with E-state index in [1.54, 1.807) is 16.7 Å². The van der Waals surface area contributed by atoms with Crippen molar-refractivity contribution in [1.82, 2.24) is 14.5 Å². The lowest BCUT2D eigenvalue weighted by atomic mass is 10.0. The number of aromatic nitrogens is 3. The van der Waals surface area contributed by atoms with Gasteiger partial charge in [0.1, 0.15) is 0 Å². The maximum atomic E-state index is 13.4. The molecule has 0 unspecified atom stereocenters. The van der Waals surface area contributed by atoms with Gasteiger partial charge in [0.2, 0.25) is 0 Å². The Morgan fingerprint density at radius 2 is 1.78 bits per heavy atom. The highest BCUT2D eigenvalue weighted by Gasteiger charge is 2.24. The molecule has 0 atom stereocenters. The fourth-order valence-corrected chi connectivity index (χ4v) is 5.82. The van der Waals surface area contributed by atoms with Gasteiger partial charge in [-0.25, -0.2) is 13.4 Å². The van der Waals surface area contributed by atoms with Gasteiger partial charge in [0.25, 0.3) is 15.6 Å². The van der Waals surface area contributed by atoms with Gasteiger partial charge in [0.05, 0.1) is 35.7 Å². The van der Waals surface area contributed by atoms with E-state index in [-0.39, 0.29) is 16.1 Å². The van der Waals surface area contributed by atoms with E-state index in [9.17, 15) is 13.2 Å². The second-order valence-corrected chi connectivity index (χ2v) is 10.2. The Balaban J connectivity index is 1.41. The Morgan fingerprint density at radius 3 is 2.58 bits per heavy atom. The largest absolute Gasteiger partial charge is 0.493 e. The summed E-state index contributed by atoms with van der Waals surface area (Å²) in [6, 6.07) is 17.1. The standard InChI is InChI=1S/C26H22N4O5S/c1-34-22-10-8-16(14-23(22)35-2)36(32,33)29-15-7-9-21-19(13-15)26(31)30-12-11-18-17-5-3-4-6-20(17)27-24(18)25(30)28-21/h3-10,13-14,27,29H,11-12H2,1-2H3. The maximum Gasteiger partial charge on any atom is 0.262 e.